The zero-order chi connectivity index (χ0) is 19.8. The summed E-state index contributed by atoms with van der Waals surface area (Å²) in [6, 6.07) is 20.1. The van der Waals surface area contributed by atoms with Gasteiger partial charge < -0.3 is 20.0 Å². The Morgan fingerprint density at radius 3 is 2.07 bits per heavy atom. The van der Waals surface area contributed by atoms with Gasteiger partial charge in [0.05, 0.1) is 6.54 Å². The summed E-state index contributed by atoms with van der Waals surface area (Å²) in [6.07, 6.45) is 0. The fraction of sp³-hybridized carbons (Fsp3) is 0.364. The largest absolute Gasteiger partial charge is 0.358 e. The van der Waals surface area contributed by atoms with Gasteiger partial charge in [-0.15, -0.1) is 0 Å². The third-order valence-corrected chi connectivity index (χ3v) is 4.91. The molecule has 1 saturated heterocycles. The monoisotopic (exact) mass is 380 g/mol. The van der Waals surface area contributed by atoms with Gasteiger partial charge in [-0.25, -0.2) is 4.79 Å². The van der Waals surface area contributed by atoms with E-state index in [0.29, 0.717) is 45.8 Å². The molecule has 2 aromatic carbocycles. The molecule has 3 amide bonds. The van der Waals surface area contributed by atoms with E-state index in [2.05, 4.69) is 22.3 Å². The van der Waals surface area contributed by atoms with Crippen LogP contribution in [0.1, 0.15) is 12.5 Å². The van der Waals surface area contributed by atoms with E-state index in [-0.39, 0.29) is 11.9 Å². The molecule has 6 nitrogen and oxygen atoms in total. The predicted molar refractivity (Wildman–Crippen MR) is 111 cm³/mol. The molecule has 0 aromatic heterocycles. The number of nitrogens with one attached hydrogen (secondary N) is 1. The molecule has 28 heavy (non-hydrogen) atoms. The number of urea groups is 1. The van der Waals surface area contributed by atoms with Gasteiger partial charge in [-0.2, -0.15) is 0 Å². The van der Waals surface area contributed by atoms with Crippen LogP contribution in [0.2, 0.25) is 0 Å². The average Bonchev–Trinajstić information content (AvgIpc) is 2.75. The summed E-state index contributed by atoms with van der Waals surface area (Å²) in [4.78, 5) is 30.6. The van der Waals surface area contributed by atoms with Crippen LogP contribution in [0.15, 0.2) is 60.7 Å². The van der Waals surface area contributed by atoms with Crippen LogP contribution in [0.3, 0.4) is 0 Å². The van der Waals surface area contributed by atoms with Gasteiger partial charge in [-0.05, 0) is 24.6 Å². The Labute approximate surface area is 166 Å². The van der Waals surface area contributed by atoms with E-state index in [9.17, 15) is 9.59 Å². The smallest absolute Gasteiger partial charge is 0.317 e. The number of hydrogen-bond acceptors (Lipinski definition) is 3. The van der Waals surface area contributed by atoms with E-state index in [1.54, 1.807) is 4.90 Å². The van der Waals surface area contributed by atoms with E-state index in [1.807, 2.05) is 60.4 Å². The number of anilines is 1. The Morgan fingerprint density at radius 1 is 0.893 bits per heavy atom. The molecule has 1 fully saturated rings. The van der Waals surface area contributed by atoms with E-state index in [0.717, 1.165) is 5.69 Å². The molecule has 3 rings (SSSR count). The van der Waals surface area contributed by atoms with Crippen LogP contribution in [0.4, 0.5) is 10.5 Å². The molecule has 0 bridgehead atoms. The quantitative estimate of drug-likeness (QED) is 0.838. The van der Waals surface area contributed by atoms with Crippen LogP contribution in [0.5, 0.6) is 0 Å². The third kappa shape index (κ3) is 5.25. The first-order valence-electron chi connectivity index (χ1n) is 9.82. The summed E-state index contributed by atoms with van der Waals surface area (Å²) in [7, 11) is 0. The number of piperazine rings is 1. The van der Waals surface area contributed by atoms with Crippen molar-refractivity contribution in [1.82, 2.24) is 15.1 Å². The van der Waals surface area contributed by atoms with Crippen molar-refractivity contribution >= 4 is 17.6 Å². The average molecular weight is 380 g/mol. The molecule has 0 saturated carbocycles. The third-order valence-electron chi connectivity index (χ3n) is 4.91. The number of benzene rings is 2. The minimum Gasteiger partial charge on any atom is -0.358 e. The van der Waals surface area contributed by atoms with Crippen molar-refractivity contribution in [3.8, 4) is 0 Å². The van der Waals surface area contributed by atoms with E-state index in [4.69, 9.17) is 0 Å². The molecule has 0 radical (unpaired) electrons. The number of amides is 3. The fourth-order valence-corrected chi connectivity index (χ4v) is 3.37. The molecule has 1 aliphatic heterocycles. The molecule has 0 spiro atoms. The van der Waals surface area contributed by atoms with Crippen LogP contribution in [-0.4, -0.2) is 61.0 Å². The molecule has 2 aromatic rings. The zero-order valence-electron chi connectivity index (χ0n) is 16.4. The number of nitrogens with zero attached hydrogens (tertiary/aromatic N) is 3. The second-order valence-electron chi connectivity index (χ2n) is 6.88. The second kappa shape index (κ2) is 9.78. The van der Waals surface area contributed by atoms with Gasteiger partial charge in [0, 0.05) is 45.0 Å². The van der Waals surface area contributed by atoms with Crippen LogP contribution >= 0.6 is 0 Å². The van der Waals surface area contributed by atoms with Crippen LogP contribution < -0.4 is 10.2 Å². The highest BCUT2D eigenvalue weighted by molar-refractivity contribution is 5.82. The molecule has 0 unspecified atom stereocenters. The number of hydrogen-bond donors (Lipinski definition) is 1. The minimum atomic E-state index is -0.0513. The molecular weight excluding hydrogens is 352 g/mol. The molecule has 0 aliphatic carbocycles. The first-order chi connectivity index (χ1) is 13.7. The highest BCUT2D eigenvalue weighted by Crippen LogP contribution is 2.17. The summed E-state index contributed by atoms with van der Waals surface area (Å²) in [6.45, 7) is 5.80. The molecule has 1 N–H and O–H groups in total. The minimum absolute atomic E-state index is 0.0513. The standard InChI is InChI=1S/C22H28N4O2/c1-2-23-22(28)25-15-13-24(14-16-25)21(27)18-26(20-11-7-4-8-12-20)17-19-9-5-3-6-10-19/h3-12H,2,13-18H2,1H3,(H,23,28). The lowest BCUT2D eigenvalue weighted by molar-refractivity contribution is -0.131. The van der Waals surface area contributed by atoms with Crippen molar-refractivity contribution in [2.24, 2.45) is 0 Å². The Kier molecular flexibility index (Phi) is 6.89. The van der Waals surface area contributed by atoms with E-state index in [1.165, 1.54) is 5.56 Å². The summed E-state index contributed by atoms with van der Waals surface area (Å²) in [5.41, 5.74) is 2.20. The molecule has 1 heterocycles. The van der Waals surface area contributed by atoms with Gasteiger partial charge in [0.15, 0.2) is 0 Å². The summed E-state index contributed by atoms with van der Waals surface area (Å²) in [5, 5.41) is 2.82. The summed E-state index contributed by atoms with van der Waals surface area (Å²) >= 11 is 0. The fourth-order valence-electron chi connectivity index (χ4n) is 3.37. The number of rotatable bonds is 6. The Hall–Kier alpha value is -3.02. The van der Waals surface area contributed by atoms with Gasteiger partial charge in [0.25, 0.3) is 0 Å². The van der Waals surface area contributed by atoms with Crippen LogP contribution in [-0.2, 0) is 11.3 Å². The maximum Gasteiger partial charge on any atom is 0.317 e. The zero-order valence-corrected chi connectivity index (χ0v) is 16.4. The lowest BCUT2D eigenvalue weighted by Gasteiger charge is -2.36. The van der Waals surface area contributed by atoms with Gasteiger partial charge in [0.2, 0.25) is 5.91 Å². The van der Waals surface area contributed by atoms with Gasteiger partial charge in [-0.3, -0.25) is 4.79 Å². The van der Waals surface area contributed by atoms with Crippen LogP contribution in [0.25, 0.3) is 0 Å². The van der Waals surface area contributed by atoms with Gasteiger partial charge >= 0.3 is 6.03 Å². The summed E-state index contributed by atoms with van der Waals surface area (Å²) in [5.74, 6) is 0.0929. The second-order valence-corrected chi connectivity index (χ2v) is 6.88. The topological polar surface area (TPSA) is 55.9 Å². The highest BCUT2D eigenvalue weighted by atomic mass is 16.2. The molecular formula is C22H28N4O2. The van der Waals surface area contributed by atoms with Gasteiger partial charge in [0.1, 0.15) is 0 Å². The van der Waals surface area contributed by atoms with Crippen molar-refractivity contribution in [3.05, 3.63) is 66.2 Å². The van der Waals surface area contributed by atoms with E-state index < -0.39 is 0 Å². The van der Waals surface area contributed by atoms with Crippen molar-refractivity contribution in [1.29, 1.82) is 0 Å². The maximum atomic E-state index is 12.9. The lowest BCUT2D eigenvalue weighted by atomic mass is 10.2. The van der Waals surface area contributed by atoms with E-state index >= 15 is 0 Å². The highest BCUT2D eigenvalue weighted by Gasteiger charge is 2.25. The predicted octanol–water partition coefficient (Wildman–Crippen LogP) is 2.57. The Morgan fingerprint density at radius 2 is 1.46 bits per heavy atom. The first-order valence-corrected chi connectivity index (χ1v) is 9.82. The van der Waals surface area contributed by atoms with Crippen LogP contribution in [0, 0.1) is 0 Å². The molecule has 0 atom stereocenters. The SMILES string of the molecule is CCNC(=O)N1CCN(C(=O)CN(Cc2ccccc2)c2ccccc2)CC1. The van der Waals surface area contributed by atoms with Crippen molar-refractivity contribution in [2.45, 2.75) is 13.5 Å². The van der Waals surface area contributed by atoms with Gasteiger partial charge in [-0.1, -0.05) is 48.5 Å². The Balaban J connectivity index is 1.62. The number of carbonyl (C=O) groups is 2. The molecule has 1 aliphatic rings. The normalized spacial score (nSPS) is 13.9. The Bertz CT molecular complexity index is 759. The molecule has 148 valence electrons. The lowest BCUT2D eigenvalue weighted by Crippen LogP contribution is -2.54. The van der Waals surface area contributed by atoms with Crippen molar-refractivity contribution in [3.63, 3.8) is 0 Å². The first kappa shape index (κ1) is 19.7. The number of carbonyl (C=O) groups excluding carboxylic acids is 2. The van der Waals surface area contributed by atoms with Crippen molar-refractivity contribution in [2.75, 3.05) is 44.2 Å². The maximum absolute atomic E-state index is 12.9. The summed E-state index contributed by atoms with van der Waals surface area (Å²) < 4.78 is 0. The van der Waals surface area contributed by atoms with Crippen molar-refractivity contribution < 1.29 is 9.59 Å². The molecule has 6 heteroatoms. The number of para-hydroxylation sites is 1.